The lowest BCUT2D eigenvalue weighted by atomic mass is 10.1. The Morgan fingerprint density at radius 3 is 3.00 bits per heavy atom. The maximum absolute atomic E-state index is 12.3. The predicted molar refractivity (Wildman–Crippen MR) is 72.8 cm³/mol. The Kier molecular flexibility index (Phi) is 4.56. The topological polar surface area (TPSA) is 95.0 Å². The lowest BCUT2D eigenvalue weighted by Gasteiger charge is -2.20. The molecule has 1 amide bonds. The van der Waals surface area contributed by atoms with Crippen molar-refractivity contribution in [3.63, 3.8) is 0 Å². The van der Waals surface area contributed by atoms with Crippen LogP contribution in [0.1, 0.15) is 10.4 Å². The zero-order valence-corrected chi connectivity index (χ0v) is 10.9. The molecule has 7 heteroatoms. The third kappa shape index (κ3) is 3.07. The first kappa shape index (κ1) is 13.9. The normalized spacial score (nSPS) is 10.2. The number of aromatic amines is 1. The molecular weight excluding hydrogens is 258 g/mol. The monoisotopic (exact) mass is 273 g/mol. The van der Waals surface area contributed by atoms with Crippen LogP contribution in [0.4, 0.5) is 0 Å². The van der Waals surface area contributed by atoms with Gasteiger partial charge in [-0.15, -0.1) is 16.8 Å². The summed E-state index contributed by atoms with van der Waals surface area (Å²) in [6.45, 7) is 4.16. The summed E-state index contributed by atoms with van der Waals surface area (Å²) < 4.78 is 0. The van der Waals surface area contributed by atoms with Crippen LogP contribution < -0.4 is 0 Å². The molecule has 104 valence electrons. The third-order valence-corrected chi connectivity index (χ3v) is 2.72. The molecule has 2 aromatic rings. The molecule has 0 radical (unpaired) electrons. The van der Waals surface area contributed by atoms with Crippen LogP contribution in [0.5, 0.6) is 0 Å². The standard InChI is InChI=1S/C13H15N5O2/c1-2-6-18(7-8-19)13(20)11-5-3-4-10(9-11)12-14-16-17-15-12/h2-5,9,19H,1,6-8H2,(H,14,15,16,17). The van der Waals surface area contributed by atoms with E-state index in [-0.39, 0.29) is 19.1 Å². The Labute approximate surface area is 115 Å². The summed E-state index contributed by atoms with van der Waals surface area (Å²) in [5.74, 6) is 0.251. The first-order chi connectivity index (χ1) is 9.76. The van der Waals surface area contributed by atoms with Crippen LogP contribution in [0.25, 0.3) is 11.4 Å². The molecule has 0 unspecified atom stereocenters. The molecule has 0 aliphatic rings. The van der Waals surface area contributed by atoms with E-state index < -0.39 is 0 Å². The Hall–Kier alpha value is -2.54. The summed E-state index contributed by atoms with van der Waals surface area (Å²) in [6, 6.07) is 6.95. The molecular formula is C13H15N5O2. The van der Waals surface area contributed by atoms with Crippen molar-refractivity contribution in [2.75, 3.05) is 19.7 Å². The second kappa shape index (κ2) is 6.58. The number of nitrogens with zero attached hydrogens (tertiary/aromatic N) is 4. The Morgan fingerprint density at radius 2 is 2.35 bits per heavy atom. The summed E-state index contributed by atoms with van der Waals surface area (Å²) in [5.41, 5.74) is 1.20. The molecule has 0 aliphatic carbocycles. The highest BCUT2D eigenvalue weighted by Gasteiger charge is 2.15. The van der Waals surface area contributed by atoms with Crippen LogP contribution in [0.15, 0.2) is 36.9 Å². The number of aliphatic hydroxyl groups is 1. The van der Waals surface area contributed by atoms with Crippen LogP contribution in [-0.4, -0.2) is 56.2 Å². The van der Waals surface area contributed by atoms with Gasteiger partial charge in [-0.3, -0.25) is 4.79 Å². The van der Waals surface area contributed by atoms with Crippen molar-refractivity contribution >= 4 is 5.91 Å². The van der Waals surface area contributed by atoms with Crippen LogP contribution >= 0.6 is 0 Å². The number of nitrogens with one attached hydrogen (secondary N) is 1. The van der Waals surface area contributed by atoms with Gasteiger partial charge in [0.25, 0.3) is 5.91 Å². The minimum Gasteiger partial charge on any atom is -0.395 e. The van der Waals surface area contributed by atoms with Crippen molar-refractivity contribution in [1.29, 1.82) is 0 Å². The van der Waals surface area contributed by atoms with Crippen LogP contribution in [0.2, 0.25) is 0 Å². The fourth-order valence-electron chi connectivity index (χ4n) is 1.81. The van der Waals surface area contributed by atoms with Gasteiger partial charge in [-0.1, -0.05) is 18.2 Å². The number of hydrogen-bond donors (Lipinski definition) is 2. The van der Waals surface area contributed by atoms with Crippen molar-refractivity contribution in [2.45, 2.75) is 0 Å². The number of tetrazole rings is 1. The minimum absolute atomic E-state index is 0.0931. The molecule has 0 saturated heterocycles. The Morgan fingerprint density at radius 1 is 1.50 bits per heavy atom. The molecule has 1 aromatic heterocycles. The van der Waals surface area contributed by atoms with E-state index in [1.807, 2.05) is 0 Å². The van der Waals surface area contributed by atoms with Gasteiger partial charge in [0.05, 0.1) is 6.61 Å². The molecule has 0 saturated carbocycles. The van der Waals surface area contributed by atoms with Crippen molar-refractivity contribution in [3.8, 4) is 11.4 Å². The molecule has 0 aliphatic heterocycles. The van der Waals surface area contributed by atoms with Gasteiger partial charge in [0.2, 0.25) is 5.82 Å². The molecule has 20 heavy (non-hydrogen) atoms. The molecule has 1 aromatic carbocycles. The van der Waals surface area contributed by atoms with E-state index >= 15 is 0 Å². The number of benzene rings is 1. The Balaban J connectivity index is 2.25. The molecule has 0 spiro atoms. The average Bonchev–Trinajstić information content (AvgIpc) is 3.01. The van der Waals surface area contributed by atoms with Gasteiger partial charge >= 0.3 is 0 Å². The number of carbonyl (C=O) groups is 1. The number of rotatable bonds is 6. The first-order valence-corrected chi connectivity index (χ1v) is 6.11. The van der Waals surface area contributed by atoms with Crippen LogP contribution in [-0.2, 0) is 0 Å². The SMILES string of the molecule is C=CCN(CCO)C(=O)c1cccc(-c2nn[nH]n2)c1. The van der Waals surface area contributed by atoms with E-state index in [4.69, 9.17) is 5.11 Å². The summed E-state index contributed by atoms with van der Waals surface area (Å²) >= 11 is 0. The van der Waals surface area contributed by atoms with Gasteiger partial charge in [0, 0.05) is 24.2 Å². The zero-order valence-electron chi connectivity index (χ0n) is 10.9. The number of amides is 1. The molecule has 2 N–H and O–H groups in total. The summed E-state index contributed by atoms with van der Waals surface area (Å²) in [7, 11) is 0. The lowest BCUT2D eigenvalue weighted by molar-refractivity contribution is 0.0743. The highest BCUT2D eigenvalue weighted by Crippen LogP contribution is 2.16. The summed E-state index contributed by atoms with van der Waals surface area (Å²) in [5, 5.41) is 22.6. The van der Waals surface area contributed by atoms with Crippen molar-refractivity contribution < 1.29 is 9.90 Å². The van der Waals surface area contributed by atoms with E-state index in [1.54, 1.807) is 30.3 Å². The molecule has 2 rings (SSSR count). The van der Waals surface area contributed by atoms with Crippen LogP contribution in [0.3, 0.4) is 0 Å². The summed E-state index contributed by atoms with van der Waals surface area (Å²) in [4.78, 5) is 13.9. The quantitative estimate of drug-likeness (QED) is 0.747. The highest BCUT2D eigenvalue weighted by molar-refractivity contribution is 5.95. The van der Waals surface area contributed by atoms with E-state index in [9.17, 15) is 4.79 Å². The predicted octanol–water partition coefficient (Wildman–Crippen LogP) is 0.487. The largest absolute Gasteiger partial charge is 0.395 e. The van der Waals surface area contributed by atoms with Crippen molar-refractivity contribution in [3.05, 3.63) is 42.5 Å². The van der Waals surface area contributed by atoms with Gasteiger partial charge < -0.3 is 10.0 Å². The Bertz CT molecular complexity index is 582. The van der Waals surface area contributed by atoms with E-state index in [0.29, 0.717) is 23.5 Å². The molecule has 7 nitrogen and oxygen atoms in total. The zero-order chi connectivity index (χ0) is 14.4. The smallest absolute Gasteiger partial charge is 0.254 e. The van der Waals surface area contributed by atoms with E-state index in [2.05, 4.69) is 27.2 Å². The molecule has 0 bridgehead atoms. The minimum atomic E-state index is -0.177. The van der Waals surface area contributed by atoms with Crippen molar-refractivity contribution in [2.24, 2.45) is 0 Å². The summed E-state index contributed by atoms with van der Waals surface area (Å²) in [6.07, 6.45) is 1.62. The molecule has 1 heterocycles. The van der Waals surface area contributed by atoms with Gasteiger partial charge in [0.1, 0.15) is 0 Å². The van der Waals surface area contributed by atoms with Crippen LogP contribution in [0, 0.1) is 0 Å². The number of hydrogen-bond acceptors (Lipinski definition) is 5. The average molecular weight is 273 g/mol. The van der Waals surface area contributed by atoms with Gasteiger partial charge in [0.15, 0.2) is 0 Å². The second-order valence-corrected chi connectivity index (χ2v) is 4.08. The lowest BCUT2D eigenvalue weighted by Crippen LogP contribution is -2.33. The van der Waals surface area contributed by atoms with Gasteiger partial charge in [-0.05, 0) is 17.3 Å². The van der Waals surface area contributed by atoms with E-state index in [0.717, 1.165) is 0 Å². The maximum atomic E-state index is 12.3. The highest BCUT2D eigenvalue weighted by atomic mass is 16.3. The number of aliphatic hydroxyl groups excluding tert-OH is 1. The van der Waals surface area contributed by atoms with E-state index in [1.165, 1.54) is 4.90 Å². The van der Waals surface area contributed by atoms with Gasteiger partial charge in [-0.2, -0.15) is 5.21 Å². The maximum Gasteiger partial charge on any atom is 0.254 e. The van der Waals surface area contributed by atoms with Gasteiger partial charge in [-0.25, -0.2) is 0 Å². The second-order valence-electron chi connectivity index (χ2n) is 4.08. The number of aromatic nitrogens is 4. The fourth-order valence-corrected chi connectivity index (χ4v) is 1.81. The van der Waals surface area contributed by atoms with Crippen molar-refractivity contribution in [1.82, 2.24) is 25.5 Å². The number of carbonyl (C=O) groups excluding carboxylic acids is 1. The number of H-pyrrole nitrogens is 1. The third-order valence-electron chi connectivity index (χ3n) is 2.72. The molecule has 0 fully saturated rings. The molecule has 0 atom stereocenters. The fraction of sp³-hybridized carbons (Fsp3) is 0.231. The first-order valence-electron chi connectivity index (χ1n) is 6.11.